The normalized spacial score (nSPS) is 17.8. The maximum absolute atomic E-state index is 9.95. The molecule has 20 heavy (non-hydrogen) atoms. The number of aliphatic hydroxyl groups excluding tert-OH is 1. The number of fused-ring (bicyclic) bond motifs is 1. The van der Waals surface area contributed by atoms with Gasteiger partial charge in [-0.05, 0) is 49.4 Å². The monoisotopic (exact) mass is 272 g/mol. The van der Waals surface area contributed by atoms with E-state index in [0.717, 1.165) is 42.8 Å². The second kappa shape index (κ2) is 5.67. The minimum atomic E-state index is -0.311. The topological polar surface area (TPSA) is 47.3 Å². The largest absolute Gasteiger partial charge is 0.487 e. The van der Waals surface area contributed by atoms with Gasteiger partial charge in [0.05, 0.1) is 24.3 Å². The van der Waals surface area contributed by atoms with Crippen molar-refractivity contribution in [2.24, 2.45) is 0 Å². The van der Waals surface area contributed by atoms with Crippen LogP contribution in [0.5, 0.6) is 5.75 Å². The van der Waals surface area contributed by atoms with E-state index in [2.05, 4.69) is 22.5 Å². The number of aromatic nitrogens is 2. The van der Waals surface area contributed by atoms with Crippen LogP contribution in [0.1, 0.15) is 42.7 Å². The number of aryl methyl sites for hydroxylation is 2. The van der Waals surface area contributed by atoms with E-state index in [1.165, 1.54) is 5.56 Å². The first-order valence-electron chi connectivity index (χ1n) is 7.20. The van der Waals surface area contributed by atoms with Crippen LogP contribution in [0.4, 0.5) is 0 Å². The maximum atomic E-state index is 9.95. The Morgan fingerprint density at radius 3 is 3.20 bits per heavy atom. The van der Waals surface area contributed by atoms with Crippen molar-refractivity contribution in [1.29, 1.82) is 0 Å². The lowest BCUT2D eigenvalue weighted by Crippen LogP contribution is -2.09. The summed E-state index contributed by atoms with van der Waals surface area (Å²) in [5, 5.41) is 9.95. The molecule has 0 saturated heterocycles. The van der Waals surface area contributed by atoms with Gasteiger partial charge in [0.1, 0.15) is 12.4 Å². The van der Waals surface area contributed by atoms with Gasteiger partial charge in [-0.2, -0.15) is 0 Å². The van der Waals surface area contributed by atoms with Crippen LogP contribution in [0.25, 0.3) is 0 Å². The molecule has 1 atom stereocenters. The zero-order chi connectivity index (χ0) is 13.9. The van der Waals surface area contributed by atoms with Crippen molar-refractivity contribution in [3.05, 3.63) is 47.5 Å². The highest BCUT2D eigenvalue weighted by Crippen LogP contribution is 2.32. The van der Waals surface area contributed by atoms with E-state index in [1.807, 2.05) is 24.7 Å². The quantitative estimate of drug-likeness (QED) is 0.931. The Labute approximate surface area is 119 Å². The first-order chi connectivity index (χ1) is 9.78. The highest BCUT2D eigenvalue weighted by atomic mass is 16.5. The zero-order valence-corrected chi connectivity index (χ0v) is 11.7. The minimum Gasteiger partial charge on any atom is -0.487 e. The zero-order valence-electron chi connectivity index (χ0n) is 11.7. The molecule has 3 rings (SSSR count). The van der Waals surface area contributed by atoms with Gasteiger partial charge in [-0.15, -0.1) is 0 Å². The molecule has 0 aliphatic heterocycles. The van der Waals surface area contributed by atoms with Crippen molar-refractivity contribution in [3.63, 3.8) is 0 Å². The van der Waals surface area contributed by atoms with Crippen molar-refractivity contribution in [2.45, 2.75) is 45.4 Å². The Balaban J connectivity index is 1.72. The SMILES string of the molecule is CCn1cncc1COc1ccc2c(c1)CCCC2O. The lowest BCUT2D eigenvalue weighted by atomic mass is 9.89. The molecule has 1 heterocycles. The number of nitrogens with zero attached hydrogens (tertiary/aromatic N) is 2. The van der Waals surface area contributed by atoms with E-state index >= 15 is 0 Å². The van der Waals surface area contributed by atoms with Gasteiger partial charge in [0.2, 0.25) is 0 Å². The first kappa shape index (κ1) is 13.2. The van der Waals surface area contributed by atoms with Crippen LogP contribution in [0, 0.1) is 0 Å². The standard InChI is InChI=1S/C16H20N2O2/c1-2-18-11-17-9-13(18)10-20-14-6-7-15-12(8-14)4-3-5-16(15)19/h6-9,11,16,19H,2-5,10H2,1H3. The summed E-state index contributed by atoms with van der Waals surface area (Å²) in [4.78, 5) is 4.14. The summed E-state index contributed by atoms with van der Waals surface area (Å²) in [5.74, 6) is 0.863. The Kier molecular flexibility index (Phi) is 3.74. The lowest BCUT2D eigenvalue weighted by Gasteiger charge is -2.21. The van der Waals surface area contributed by atoms with Crippen LogP contribution in [0.2, 0.25) is 0 Å². The molecule has 1 unspecified atom stereocenters. The van der Waals surface area contributed by atoms with Gasteiger partial charge in [-0.25, -0.2) is 4.98 Å². The number of aliphatic hydroxyl groups is 1. The molecule has 2 aromatic rings. The fourth-order valence-corrected chi connectivity index (χ4v) is 2.77. The van der Waals surface area contributed by atoms with Gasteiger partial charge >= 0.3 is 0 Å². The Morgan fingerprint density at radius 1 is 1.45 bits per heavy atom. The molecule has 106 valence electrons. The van der Waals surface area contributed by atoms with E-state index in [-0.39, 0.29) is 6.10 Å². The van der Waals surface area contributed by atoms with E-state index in [9.17, 15) is 5.11 Å². The molecule has 0 spiro atoms. The highest BCUT2D eigenvalue weighted by Gasteiger charge is 2.18. The number of ether oxygens (including phenoxy) is 1. The molecule has 0 saturated carbocycles. The average Bonchev–Trinajstić information content (AvgIpc) is 2.92. The van der Waals surface area contributed by atoms with Crippen LogP contribution in [0.15, 0.2) is 30.7 Å². The molecule has 4 heteroatoms. The fraction of sp³-hybridized carbons (Fsp3) is 0.438. The van der Waals surface area contributed by atoms with Crippen molar-refractivity contribution in [2.75, 3.05) is 0 Å². The Hall–Kier alpha value is -1.81. The van der Waals surface area contributed by atoms with E-state index < -0.39 is 0 Å². The smallest absolute Gasteiger partial charge is 0.130 e. The lowest BCUT2D eigenvalue weighted by molar-refractivity contribution is 0.156. The molecule has 0 fully saturated rings. The third-order valence-corrected chi connectivity index (χ3v) is 3.92. The first-order valence-corrected chi connectivity index (χ1v) is 7.20. The van der Waals surface area contributed by atoms with Gasteiger partial charge in [0, 0.05) is 6.54 Å². The van der Waals surface area contributed by atoms with Gasteiger partial charge in [0.15, 0.2) is 0 Å². The molecule has 1 aliphatic carbocycles. The second-order valence-corrected chi connectivity index (χ2v) is 5.23. The number of hydrogen-bond acceptors (Lipinski definition) is 3. The van der Waals surface area contributed by atoms with Gasteiger partial charge in [0.25, 0.3) is 0 Å². The third-order valence-electron chi connectivity index (χ3n) is 3.92. The molecule has 0 radical (unpaired) electrons. The highest BCUT2D eigenvalue weighted by molar-refractivity contribution is 5.38. The van der Waals surface area contributed by atoms with Crippen LogP contribution < -0.4 is 4.74 Å². The van der Waals surface area contributed by atoms with Crippen LogP contribution >= 0.6 is 0 Å². The van der Waals surface area contributed by atoms with Crippen molar-refractivity contribution in [3.8, 4) is 5.75 Å². The van der Waals surface area contributed by atoms with E-state index in [1.54, 1.807) is 0 Å². The average molecular weight is 272 g/mol. The summed E-state index contributed by atoms with van der Waals surface area (Å²) in [5.41, 5.74) is 3.35. The van der Waals surface area contributed by atoms with Gasteiger partial charge in [-0.3, -0.25) is 0 Å². The third kappa shape index (κ3) is 2.56. The summed E-state index contributed by atoms with van der Waals surface area (Å²) < 4.78 is 7.92. The van der Waals surface area contributed by atoms with Crippen LogP contribution in [-0.2, 0) is 19.6 Å². The van der Waals surface area contributed by atoms with Crippen LogP contribution in [-0.4, -0.2) is 14.7 Å². The summed E-state index contributed by atoms with van der Waals surface area (Å²) >= 11 is 0. The number of imidazole rings is 1. The molecule has 0 bridgehead atoms. The predicted octanol–water partition coefficient (Wildman–Crippen LogP) is 2.85. The van der Waals surface area contributed by atoms with Crippen molar-refractivity contribution >= 4 is 0 Å². The molecule has 1 aromatic carbocycles. The van der Waals surface area contributed by atoms with Gasteiger partial charge in [-0.1, -0.05) is 6.07 Å². The number of hydrogen-bond donors (Lipinski definition) is 1. The number of rotatable bonds is 4. The van der Waals surface area contributed by atoms with Gasteiger partial charge < -0.3 is 14.4 Å². The Bertz CT molecular complexity index is 592. The second-order valence-electron chi connectivity index (χ2n) is 5.23. The summed E-state index contributed by atoms with van der Waals surface area (Å²) in [7, 11) is 0. The summed E-state index contributed by atoms with van der Waals surface area (Å²) in [6.45, 7) is 3.51. The molecule has 1 aromatic heterocycles. The molecular formula is C16H20N2O2. The molecule has 1 aliphatic rings. The molecule has 1 N–H and O–H groups in total. The number of benzene rings is 1. The summed E-state index contributed by atoms with van der Waals surface area (Å²) in [6, 6.07) is 6.00. The molecular weight excluding hydrogens is 252 g/mol. The molecule has 4 nitrogen and oxygen atoms in total. The Morgan fingerprint density at radius 2 is 2.35 bits per heavy atom. The minimum absolute atomic E-state index is 0.311. The maximum Gasteiger partial charge on any atom is 0.130 e. The van der Waals surface area contributed by atoms with Crippen LogP contribution in [0.3, 0.4) is 0 Å². The summed E-state index contributed by atoms with van der Waals surface area (Å²) in [6.07, 6.45) is 6.28. The predicted molar refractivity (Wildman–Crippen MR) is 76.6 cm³/mol. The van der Waals surface area contributed by atoms with E-state index in [4.69, 9.17) is 4.74 Å². The van der Waals surface area contributed by atoms with E-state index in [0.29, 0.717) is 6.61 Å². The van der Waals surface area contributed by atoms with Crippen molar-refractivity contribution < 1.29 is 9.84 Å². The van der Waals surface area contributed by atoms with Crippen molar-refractivity contribution in [1.82, 2.24) is 9.55 Å². The fourth-order valence-electron chi connectivity index (χ4n) is 2.77. The molecule has 0 amide bonds.